The van der Waals surface area contributed by atoms with E-state index >= 15 is 0 Å². The number of aromatic nitrogens is 5. The molecule has 0 amide bonds. The van der Waals surface area contributed by atoms with E-state index in [0.717, 1.165) is 16.5 Å². The van der Waals surface area contributed by atoms with Gasteiger partial charge in [-0.05, 0) is 43.7 Å². The lowest BCUT2D eigenvalue weighted by molar-refractivity contribution is 0.0527. The van der Waals surface area contributed by atoms with Crippen LogP contribution in [0.5, 0.6) is 0 Å². The smallest absolute Gasteiger partial charge is 0.343 e. The monoisotopic (exact) mass is 458 g/mol. The zero-order chi connectivity index (χ0) is 22.9. The molecule has 1 N–H and O–H groups in total. The van der Waals surface area contributed by atoms with Crippen molar-refractivity contribution in [3.8, 4) is 5.82 Å². The predicted octanol–water partition coefficient (Wildman–Crippen LogP) is 5.25. The van der Waals surface area contributed by atoms with Crippen LogP contribution in [0.4, 0.5) is 11.6 Å². The molecule has 0 radical (unpaired) electrons. The van der Waals surface area contributed by atoms with Gasteiger partial charge in [0, 0.05) is 5.39 Å². The summed E-state index contributed by atoms with van der Waals surface area (Å²) in [6.45, 7) is 3.98. The molecule has 3 aromatic heterocycles. The third-order valence-electron chi connectivity index (χ3n) is 5.16. The Bertz CT molecular complexity index is 1510. The molecule has 0 aliphatic heterocycles. The maximum Gasteiger partial charge on any atom is 0.343 e. The summed E-state index contributed by atoms with van der Waals surface area (Å²) in [6, 6.07) is 17.1. The summed E-state index contributed by atoms with van der Waals surface area (Å²) >= 11 is 6.42. The molecule has 0 aliphatic carbocycles. The van der Waals surface area contributed by atoms with Crippen molar-refractivity contribution in [2.24, 2.45) is 0 Å². The highest BCUT2D eigenvalue weighted by Crippen LogP contribution is 2.29. The molecule has 0 bridgehead atoms. The summed E-state index contributed by atoms with van der Waals surface area (Å²) < 4.78 is 6.77. The fourth-order valence-corrected chi connectivity index (χ4v) is 3.79. The fourth-order valence-electron chi connectivity index (χ4n) is 3.61. The molecule has 0 atom stereocenters. The highest BCUT2D eigenvalue weighted by Gasteiger charge is 2.22. The van der Waals surface area contributed by atoms with Gasteiger partial charge in [-0.25, -0.2) is 19.7 Å². The van der Waals surface area contributed by atoms with E-state index in [1.54, 1.807) is 11.6 Å². The van der Waals surface area contributed by atoms with E-state index in [-0.39, 0.29) is 17.3 Å². The average molecular weight is 459 g/mol. The number of esters is 1. The Hall–Kier alpha value is -4.04. The summed E-state index contributed by atoms with van der Waals surface area (Å²) in [6.07, 6.45) is 1.44. The van der Waals surface area contributed by atoms with Gasteiger partial charge in [0.05, 0.1) is 29.4 Å². The second-order valence-corrected chi connectivity index (χ2v) is 7.69. The summed E-state index contributed by atoms with van der Waals surface area (Å²) in [5, 5.41) is 8.77. The van der Waals surface area contributed by atoms with Gasteiger partial charge in [0.15, 0.2) is 22.6 Å². The number of benzene rings is 2. The van der Waals surface area contributed by atoms with Gasteiger partial charge < -0.3 is 10.1 Å². The number of hydrogen-bond acceptors (Lipinski definition) is 7. The highest BCUT2D eigenvalue weighted by molar-refractivity contribution is 6.32. The van der Waals surface area contributed by atoms with Gasteiger partial charge in [-0.1, -0.05) is 41.9 Å². The summed E-state index contributed by atoms with van der Waals surface area (Å²) in [4.78, 5) is 26.4. The Morgan fingerprint density at radius 2 is 1.73 bits per heavy atom. The van der Waals surface area contributed by atoms with E-state index in [1.807, 2.05) is 61.5 Å². The molecular weight excluding hydrogens is 440 g/mol. The lowest BCUT2D eigenvalue weighted by Gasteiger charge is -2.13. The van der Waals surface area contributed by atoms with Crippen LogP contribution in [0.1, 0.15) is 22.8 Å². The molecule has 33 heavy (non-hydrogen) atoms. The van der Waals surface area contributed by atoms with E-state index < -0.39 is 5.97 Å². The Morgan fingerprint density at radius 3 is 2.48 bits per heavy atom. The molecule has 0 aliphatic rings. The van der Waals surface area contributed by atoms with Crippen LogP contribution in [-0.2, 0) is 4.74 Å². The first-order chi connectivity index (χ1) is 16.0. The van der Waals surface area contributed by atoms with Gasteiger partial charge in [-0.15, -0.1) is 0 Å². The number of para-hydroxylation sites is 3. The average Bonchev–Trinajstić information content (AvgIpc) is 3.23. The molecule has 0 fully saturated rings. The van der Waals surface area contributed by atoms with E-state index in [0.29, 0.717) is 28.5 Å². The number of rotatable bonds is 5. The van der Waals surface area contributed by atoms with Crippen LogP contribution in [0.3, 0.4) is 0 Å². The summed E-state index contributed by atoms with van der Waals surface area (Å²) in [7, 11) is 0. The topological polar surface area (TPSA) is 94.8 Å². The third kappa shape index (κ3) is 3.85. The van der Waals surface area contributed by atoms with Crippen molar-refractivity contribution in [1.82, 2.24) is 24.7 Å². The summed E-state index contributed by atoms with van der Waals surface area (Å²) in [5.74, 6) is 0.644. The standard InChI is InChI=1S/C24H19ClN6O2/c1-3-33-24(32)16-13-26-31(20-12-14(2)15-8-4-5-9-17(15)27-20)23(16)30-22-21(25)28-18-10-6-7-11-19(18)29-22/h4-13H,3H2,1-2H3,(H,29,30). The van der Waals surface area contributed by atoms with Crippen LogP contribution >= 0.6 is 11.6 Å². The minimum Gasteiger partial charge on any atom is -0.462 e. The Kier molecular flexibility index (Phi) is 5.35. The van der Waals surface area contributed by atoms with Gasteiger partial charge in [-0.2, -0.15) is 9.78 Å². The van der Waals surface area contributed by atoms with Crippen LogP contribution in [0.2, 0.25) is 5.15 Å². The normalized spacial score (nSPS) is 11.1. The van der Waals surface area contributed by atoms with Gasteiger partial charge >= 0.3 is 5.97 Å². The number of carbonyl (C=O) groups is 1. The number of hydrogen-bond donors (Lipinski definition) is 1. The van der Waals surface area contributed by atoms with Gasteiger partial charge in [-0.3, -0.25) is 0 Å². The van der Waals surface area contributed by atoms with Crippen molar-refractivity contribution in [1.29, 1.82) is 0 Å². The minimum absolute atomic E-state index is 0.166. The fraction of sp³-hybridized carbons (Fsp3) is 0.125. The first-order valence-corrected chi connectivity index (χ1v) is 10.7. The third-order valence-corrected chi connectivity index (χ3v) is 5.42. The molecule has 0 saturated heterocycles. The first-order valence-electron chi connectivity index (χ1n) is 10.4. The van der Waals surface area contributed by atoms with Gasteiger partial charge in [0.1, 0.15) is 5.56 Å². The van der Waals surface area contributed by atoms with Crippen LogP contribution in [0, 0.1) is 6.92 Å². The minimum atomic E-state index is -0.520. The maximum atomic E-state index is 12.7. The van der Waals surface area contributed by atoms with Crippen LogP contribution < -0.4 is 5.32 Å². The molecule has 2 aromatic carbocycles. The number of aryl methyl sites for hydroxylation is 1. The molecule has 0 saturated carbocycles. The molecular formula is C24H19ClN6O2. The molecule has 164 valence electrons. The predicted molar refractivity (Wildman–Crippen MR) is 127 cm³/mol. The number of pyridine rings is 1. The second kappa shape index (κ2) is 8.48. The molecule has 0 spiro atoms. The number of carbonyl (C=O) groups excluding carboxylic acids is 1. The van der Waals surface area contributed by atoms with Crippen molar-refractivity contribution in [2.45, 2.75) is 13.8 Å². The molecule has 5 aromatic rings. The lowest BCUT2D eigenvalue weighted by Crippen LogP contribution is -2.11. The lowest BCUT2D eigenvalue weighted by atomic mass is 10.1. The molecule has 8 nitrogen and oxygen atoms in total. The number of halogens is 1. The van der Waals surface area contributed by atoms with Crippen LogP contribution in [0.25, 0.3) is 27.8 Å². The number of nitrogens with one attached hydrogen (secondary N) is 1. The van der Waals surface area contributed by atoms with Crippen molar-refractivity contribution >= 4 is 51.1 Å². The Morgan fingerprint density at radius 1 is 1.03 bits per heavy atom. The summed E-state index contributed by atoms with van der Waals surface area (Å²) in [5.41, 5.74) is 3.40. The largest absolute Gasteiger partial charge is 0.462 e. The van der Waals surface area contributed by atoms with E-state index in [9.17, 15) is 4.79 Å². The zero-order valence-corrected chi connectivity index (χ0v) is 18.7. The molecule has 0 unspecified atom stereocenters. The van der Waals surface area contributed by atoms with Gasteiger partial charge in [0.25, 0.3) is 0 Å². The highest BCUT2D eigenvalue weighted by atomic mass is 35.5. The van der Waals surface area contributed by atoms with Crippen molar-refractivity contribution in [3.63, 3.8) is 0 Å². The van der Waals surface area contributed by atoms with E-state index in [1.165, 1.54) is 6.20 Å². The maximum absolute atomic E-state index is 12.7. The quantitative estimate of drug-likeness (QED) is 0.359. The van der Waals surface area contributed by atoms with Gasteiger partial charge in [0.2, 0.25) is 0 Å². The molecule has 9 heteroatoms. The molecule has 3 heterocycles. The van der Waals surface area contributed by atoms with Crippen LogP contribution in [0.15, 0.2) is 60.8 Å². The van der Waals surface area contributed by atoms with E-state index in [2.05, 4.69) is 20.4 Å². The van der Waals surface area contributed by atoms with Crippen molar-refractivity contribution in [3.05, 3.63) is 77.1 Å². The Balaban J connectivity index is 1.67. The zero-order valence-electron chi connectivity index (χ0n) is 17.9. The first kappa shape index (κ1) is 20.8. The molecule has 5 rings (SSSR count). The number of anilines is 2. The SMILES string of the molecule is CCOC(=O)c1cnn(-c2cc(C)c3ccccc3n2)c1Nc1nc2ccccc2nc1Cl. The van der Waals surface area contributed by atoms with E-state index in [4.69, 9.17) is 21.3 Å². The number of nitrogens with zero attached hydrogens (tertiary/aromatic N) is 5. The Labute approximate surface area is 194 Å². The van der Waals surface area contributed by atoms with Crippen LogP contribution in [-0.4, -0.2) is 37.3 Å². The van der Waals surface area contributed by atoms with Crippen molar-refractivity contribution < 1.29 is 9.53 Å². The van der Waals surface area contributed by atoms with Crippen molar-refractivity contribution in [2.75, 3.05) is 11.9 Å². The number of ether oxygens (including phenoxy) is 1. The second-order valence-electron chi connectivity index (χ2n) is 7.33. The number of fused-ring (bicyclic) bond motifs is 2.